The number of sulfonamides is 1. The van der Waals surface area contributed by atoms with Crippen LogP contribution in [0, 0.1) is 11.3 Å². The lowest BCUT2D eigenvalue weighted by Crippen LogP contribution is -2.66. The molecule has 7 rings (SSSR count). The van der Waals surface area contributed by atoms with Crippen molar-refractivity contribution >= 4 is 56.9 Å². The summed E-state index contributed by atoms with van der Waals surface area (Å²) in [4.78, 5) is 74.2. The number of aromatic nitrogens is 3. The first-order valence-electron chi connectivity index (χ1n) is 19.5. The highest BCUT2D eigenvalue weighted by Gasteiger charge is 2.53. The molecule has 0 unspecified atom stereocenters. The lowest BCUT2D eigenvalue weighted by atomic mass is 9.80. The van der Waals surface area contributed by atoms with Crippen LogP contribution < -0.4 is 11.1 Å². The van der Waals surface area contributed by atoms with Gasteiger partial charge in [0.05, 0.1) is 36.0 Å². The molecular formula is C38H50N8O9S2. The van der Waals surface area contributed by atoms with Crippen molar-refractivity contribution in [1.29, 1.82) is 0 Å². The number of ketones is 1. The Morgan fingerprint density at radius 3 is 2.32 bits per heavy atom. The summed E-state index contributed by atoms with van der Waals surface area (Å²) >= 11 is 1.58. The van der Waals surface area contributed by atoms with Crippen molar-refractivity contribution in [3.8, 4) is 0 Å². The van der Waals surface area contributed by atoms with Crippen molar-refractivity contribution in [2.75, 3.05) is 44.4 Å². The van der Waals surface area contributed by atoms with Gasteiger partial charge in [-0.1, -0.05) is 37.3 Å². The normalized spacial score (nSPS) is 24.1. The number of aliphatic hydroxyl groups is 1. The number of likely N-dealkylation sites (tertiary alicyclic amines) is 1. The lowest BCUT2D eigenvalue weighted by Gasteiger charge is -2.53. The smallest absolute Gasteiger partial charge is 0.287 e. The van der Waals surface area contributed by atoms with Gasteiger partial charge in [-0.2, -0.15) is 16.1 Å². The zero-order valence-electron chi connectivity index (χ0n) is 32.2. The molecule has 5 heterocycles. The first-order chi connectivity index (χ1) is 27.0. The van der Waals surface area contributed by atoms with Gasteiger partial charge in [0.2, 0.25) is 21.7 Å². The molecule has 1 aliphatic carbocycles. The van der Waals surface area contributed by atoms with Crippen LogP contribution in [0.25, 0.3) is 0 Å². The first-order valence-corrected chi connectivity index (χ1v) is 22.1. The fourth-order valence-corrected chi connectivity index (χ4v) is 11.5. The predicted molar refractivity (Wildman–Crippen MR) is 207 cm³/mol. The monoisotopic (exact) mass is 826 g/mol. The quantitative estimate of drug-likeness (QED) is 0.203. The van der Waals surface area contributed by atoms with Crippen LogP contribution in [0.1, 0.15) is 93.7 Å². The van der Waals surface area contributed by atoms with Crippen molar-refractivity contribution in [3.63, 3.8) is 0 Å². The molecule has 17 nitrogen and oxygen atoms in total. The van der Waals surface area contributed by atoms with Crippen LogP contribution in [0.2, 0.25) is 0 Å². The SMILES string of the molecule is CC(C)(O)c1cnnn1[C@H]1C[C@@H](C(=O)NC2(C(=O)C(N)=O)CCSCC2)N(C(=O)C(CC2CCCCC2)=NC(=O)c2ccc(S(=O)(=O)N3CC4(COC4)C3)cc2)C1. The molecule has 0 radical (unpaired) electrons. The van der Waals surface area contributed by atoms with Crippen LogP contribution in [0.5, 0.6) is 0 Å². The zero-order valence-corrected chi connectivity index (χ0v) is 33.9. The molecule has 308 valence electrons. The van der Waals surface area contributed by atoms with E-state index in [2.05, 4.69) is 20.6 Å². The highest BCUT2D eigenvalue weighted by atomic mass is 32.2. The third kappa shape index (κ3) is 8.31. The Morgan fingerprint density at radius 2 is 1.72 bits per heavy atom. The van der Waals surface area contributed by atoms with Crippen molar-refractivity contribution in [3.05, 3.63) is 41.7 Å². The van der Waals surface area contributed by atoms with Gasteiger partial charge in [-0.25, -0.2) is 18.1 Å². The van der Waals surface area contributed by atoms with Crippen molar-refractivity contribution in [1.82, 2.24) is 29.5 Å². The van der Waals surface area contributed by atoms with Crippen LogP contribution >= 0.6 is 11.8 Å². The number of ether oxygens (including phenoxy) is 1. The Kier molecular flexibility index (Phi) is 11.5. The Balaban J connectivity index is 1.19. The molecule has 4 aliphatic heterocycles. The zero-order chi connectivity index (χ0) is 40.8. The van der Waals surface area contributed by atoms with Crippen molar-refractivity contribution < 1.29 is 42.2 Å². The molecular weight excluding hydrogens is 777 g/mol. The molecule has 5 fully saturated rings. The van der Waals surface area contributed by atoms with E-state index in [4.69, 9.17) is 10.5 Å². The molecule has 4 N–H and O–H groups in total. The molecule has 5 aliphatic rings. The summed E-state index contributed by atoms with van der Waals surface area (Å²) in [5, 5.41) is 21.9. The van der Waals surface area contributed by atoms with E-state index < -0.39 is 62.7 Å². The van der Waals surface area contributed by atoms with Gasteiger partial charge in [0, 0.05) is 37.0 Å². The average molecular weight is 827 g/mol. The van der Waals surface area contributed by atoms with Gasteiger partial charge in [0.15, 0.2) is 0 Å². The van der Waals surface area contributed by atoms with Crippen LogP contribution in [0.4, 0.5) is 0 Å². The highest BCUT2D eigenvalue weighted by Crippen LogP contribution is 2.41. The van der Waals surface area contributed by atoms with Gasteiger partial charge in [-0.15, -0.1) is 5.10 Å². The van der Waals surface area contributed by atoms with Crippen LogP contribution in [-0.2, 0) is 39.5 Å². The standard InChI is InChI=1S/C38H50N8O9S2/c1-36(2,52)30-18-40-43-46(30)26-17-29(34(50)42-38(31(47)32(39)48)12-14-56-15-13-38)45(19-26)35(51)28(16-24-6-4-3-5-7-24)41-33(49)25-8-10-27(11-9-25)57(53,54)44-20-37(21-44)22-55-23-37/h8-11,18,24,26,29,52H,3-7,12-17,19-23H2,1-2H3,(H2,39,48)(H,42,50)/t26-,29-/m0/s1. The Morgan fingerprint density at radius 1 is 1.05 bits per heavy atom. The number of Topliss-reactive ketones (excluding diaryl/α,β-unsaturated/α-hetero) is 1. The number of hydrogen-bond donors (Lipinski definition) is 3. The van der Waals surface area contributed by atoms with E-state index in [0.29, 0.717) is 43.5 Å². The van der Waals surface area contributed by atoms with E-state index >= 15 is 0 Å². The molecule has 4 saturated heterocycles. The number of benzene rings is 1. The number of rotatable bonds is 12. The number of amides is 4. The second-order valence-corrected chi connectivity index (χ2v) is 19.9. The minimum Gasteiger partial charge on any atom is -0.384 e. The molecule has 0 bridgehead atoms. The summed E-state index contributed by atoms with van der Waals surface area (Å²) in [5.41, 5.74) is 2.83. The average Bonchev–Trinajstić information content (AvgIpc) is 3.82. The third-order valence-corrected chi connectivity index (χ3v) is 14.8. The Labute approximate surface area is 335 Å². The highest BCUT2D eigenvalue weighted by molar-refractivity contribution is 7.99. The third-order valence-electron chi connectivity index (χ3n) is 12.0. The van der Waals surface area contributed by atoms with Crippen LogP contribution in [0.3, 0.4) is 0 Å². The van der Waals surface area contributed by atoms with Gasteiger partial charge in [0.25, 0.3) is 17.7 Å². The second kappa shape index (κ2) is 16.0. The Hall–Kier alpha value is -4.04. The number of aliphatic imine (C=N–C) groups is 1. The number of carbonyl (C=O) groups is 5. The van der Waals surface area contributed by atoms with E-state index in [-0.39, 0.29) is 59.7 Å². The number of nitrogens with two attached hydrogens (primary N) is 1. The molecule has 2 atom stereocenters. The second-order valence-electron chi connectivity index (χ2n) is 16.7. The maximum absolute atomic E-state index is 14.8. The molecule has 2 aromatic rings. The molecule has 1 aromatic carbocycles. The lowest BCUT2D eigenvalue weighted by molar-refractivity contribution is -0.166. The maximum atomic E-state index is 14.8. The first kappa shape index (κ1) is 41.1. The number of primary amides is 1. The summed E-state index contributed by atoms with van der Waals surface area (Å²) in [6.07, 6.45) is 6.58. The topological polar surface area (TPSA) is 237 Å². The van der Waals surface area contributed by atoms with Crippen LogP contribution in [-0.4, -0.2) is 129 Å². The number of nitrogens with zero attached hydrogens (tertiary/aromatic N) is 6. The Bertz CT molecular complexity index is 2040. The minimum atomic E-state index is -3.78. The van der Waals surface area contributed by atoms with Gasteiger partial charge in [0.1, 0.15) is 22.9 Å². The molecule has 19 heteroatoms. The fraction of sp³-hybridized carbons (Fsp3) is 0.632. The summed E-state index contributed by atoms with van der Waals surface area (Å²) in [6.45, 7) is 4.89. The predicted octanol–water partition coefficient (Wildman–Crippen LogP) is 1.36. The van der Waals surface area contributed by atoms with Gasteiger partial charge in [-0.05, 0) is 74.8 Å². The maximum Gasteiger partial charge on any atom is 0.287 e. The molecule has 1 saturated carbocycles. The van der Waals surface area contributed by atoms with E-state index in [1.54, 1.807) is 25.6 Å². The molecule has 4 amide bonds. The molecule has 57 heavy (non-hydrogen) atoms. The van der Waals surface area contributed by atoms with E-state index in [0.717, 1.165) is 32.1 Å². The van der Waals surface area contributed by atoms with Crippen molar-refractivity contribution in [2.24, 2.45) is 22.1 Å². The largest absolute Gasteiger partial charge is 0.384 e. The van der Waals surface area contributed by atoms with Crippen molar-refractivity contribution in [2.45, 2.75) is 99.8 Å². The van der Waals surface area contributed by atoms with E-state index in [9.17, 15) is 37.5 Å². The van der Waals surface area contributed by atoms with Gasteiger partial charge < -0.3 is 25.8 Å². The minimum absolute atomic E-state index is 0.0192. The summed E-state index contributed by atoms with van der Waals surface area (Å²) in [7, 11) is -3.78. The van der Waals surface area contributed by atoms with Crippen LogP contribution in [0.15, 0.2) is 40.4 Å². The van der Waals surface area contributed by atoms with Gasteiger partial charge in [-0.3, -0.25) is 24.0 Å². The number of thioether (sulfide) groups is 1. The van der Waals surface area contributed by atoms with E-state index in [1.807, 2.05) is 0 Å². The van der Waals surface area contributed by atoms with Gasteiger partial charge >= 0.3 is 0 Å². The number of carbonyl (C=O) groups excluding carboxylic acids is 5. The molecule has 1 aromatic heterocycles. The summed E-state index contributed by atoms with van der Waals surface area (Å²) < 4.78 is 34.7. The van der Waals surface area contributed by atoms with E-state index in [1.165, 1.54) is 44.3 Å². The fourth-order valence-electron chi connectivity index (χ4n) is 8.66. The summed E-state index contributed by atoms with van der Waals surface area (Å²) in [5.74, 6) is -3.07. The molecule has 1 spiro atoms. The number of hydrogen-bond acceptors (Lipinski definition) is 12. The summed E-state index contributed by atoms with van der Waals surface area (Å²) in [6, 6.07) is 3.66. The number of nitrogens with one attached hydrogen (secondary N) is 1.